The van der Waals surface area contributed by atoms with Crippen LogP contribution in [0.5, 0.6) is 0 Å². The van der Waals surface area contributed by atoms with Crippen molar-refractivity contribution in [1.82, 2.24) is 0 Å². The molecule has 2 spiro atoms. The number of likely N-dealkylation sites (tertiary alicyclic amines) is 1. The first-order valence-corrected chi connectivity index (χ1v) is 11.2. The predicted octanol–water partition coefficient (Wildman–Crippen LogP) is 4.00. The van der Waals surface area contributed by atoms with Crippen LogP contribution in [0.3, 0.4) is 0 Å². The smallest absolute Gasteiger partial charge is 0.157 e. The molecule has 3 aliphatic rings. The van der Waals surface area contributed by atoms with E-state index in [-0.39, 0.29) is 10.8 Å². The number of nitrogens with one attached hydrogen (secondary N) is 1. The van der Waals surface area contributed by atoms with Crippen LogP contribution in [0.4, 0.5) is 0 Å². The second-order valence-electron chi connectivity index (χ2n) is 9.74. The Morgan fingerprint density at radius 1 is 0.667 bits per heavy atom. The first-order valence-electron chi connectivity index (χ1n) is 11.2. The van der Waals surface area contributed by atoms with Crippen molar-refractivity contribution in [3.63, 3.8) is 0 Å². The third-order valence-electron chi connectivity index (χ3n) is 7.89. The minimum absolute atomic E-state index is 0.159. The van der Waals surface area contributed by atoms with E-state index in [0.717, 1.165) is 32.5 Å². The van der Waals surface area contributed by atoms with Crippen LogP contribution in [0.1, 0.15) is 41.4 Å². The van der Waals surface area contributed by atoms with Crippen molar-refractivity contribution in [2.75, 3.05) is 13.1 Å². The van der Waals surface area contributed by atoms with Crippen LogP contribution in [0.15, 0.2) is 91.0 Å². The summed E-state index contributed by atoms with van der Waals surface area (Å²) in [6.45, 7) is 2.97. The summed E-state index contributed by atoms with van der Waals surface area (Å²) in [5, 5.41) is 0. The highest BCUT2D eigenvalue weighted by Gasteiger charge is 2.76. The second kappa shape index (κ2) is 6.65. The molecule has 2 heteroatoms. The molecule has 1 N–H and O–H groups in total. The van der Waals surface area contributed by atoms with E-state index < -0.39 is 0 Å². The SMILES string of the molecule is O=C1[C@]2(C[C@@H]2c2ccccc2)C[NH+](Cc2ccccc2)C[C@@]12C[C@@H]2c1ccccc1. The van der Waals surface area contributed by atoms with Gasteiger partial charge in [-0.2, -0.15) is 0 Å². The van der Waals surface area contributed by atoms with Gasteiger partial charge in [0.15, 0.2) is 5.78 Å². The summed E-state index contributed by atoms with van der Waals surface area (Å²) in [7, 11) is 0. The minimum atomic E-state index is -0.159. The summed E-state index contributed by atoms with van der Waals surface area (Å²) in [6, 6.07) is 32.3. The lowest BCUT2D eigenvalue weighted by atomic mass is 9.77. The number of hydrogen-bond donors (Lipinski definition) is 1. The van der Waals surface area contributed by atoms with E-state index >= 15 is 0 Å². The Kier molecular flexibility index (Phi) is 4.01. The second-order valence-corrected chi connectivity index (χ2v) is 9.74. The molecule has 0 aromatic heterocycles. The molecule has 3 aromatic rings. The van der Waals surface area contributed by atoms with Crippen LogP contribution in [0.2, 0.25) is 0 Å². The summed E-state index contributed by atoms with van der Waals surface area (Å²) in [4.78, 5) is 15.6. The number of carbonyl (C=O) groups excluding carboxylic acids is 1. The maximum absolute atomic E-state index is 14.0. The van der Waals surface area contributed by atoms with E-state index in [1.165, 1.54) is 16.7 Å². The van der Waals surface area contributed by atoms with E-state index in [1.54, 1.807) is 4.90 Å². The average Bonchev–Trinajstić information content (AvgIpc) is 3.70. The van der Waals surface area contributed by atoms with Crippen molar-refractivity contribution in [2.24, 2.45) is 10.8 Å². The van der Waals surface area contributed by atoms with Crippen LogP contribution in [-0.4, -0.2) is 18.9 Å². The highest BCUT2D eigenvalue weighted by atomic mass is 16.1. The topological polar surface area (TPSA) is 21.5 Å². The van der Waals surface area contributed by atoms with E-state index in [2.05, 4.69) is 91.0 Å². The van der Waals surface area contributed by atoms with Gasteiger partial charge in [-0.25, -0.2) is 0 Å². The van der Waals surface area contributed by atoms with Gasteiger partial charge in [0.05, 0.1) is 23.9 Å². The lowest BCUT2D eigenvalue weighted by Gasteiger charge is -2.36. The zero-order valence-electron chi connectivity index (χ0n) is 17.3. The Balaban J connectivity index is 1.34. The number of Topliss-reactive ketones (excluding diaryl/α,β-unsaturated/α-hetero) is 1. The largest absolute Gasteiger partial charge is 0.329 e. The number of carbonyl (C=O) groups is 1. The Hall–Kier alpha value is -2.71. The van der Waals surface area contributed by atoms with E-state index in [1.807, 2.05) is 0 Å². The molecule has 1 aliphatic heterocycles. The normalized spacial score (nSPS) is 34.3. The van der Waals surface area contributed by atoms with Crippen molar-refractivity contribution in [2.45, 2.75) is 31.2 Å². The van der Waals surface area contributed by atoms with Crippen molar-refractivity contribution < 1.29 is 9.69 Å². The highest BCUT2D eigenvalue weighted by molar-refractivity contribution is 5.98. The van der Waals surface area contributed by atoms with Gasteiger partial charge in [0.2, 0.25) is 0 Å². The molecule has 150 valence electrons. The van der Waals surface area contributed by atoms with Gasteiger partial charge in [-0.05, 0) is 24.0 Å². The molecule has 1 saturated heterocycles. The van der Waals surface area contributed by atoms with Crippen molar-refractivity contribution >= 4 is 5.78 Å². The zero-order chi connectivity index (χ0) is 20.2. The molecule has 1 heterocycles. The van der Waals surface area contributed by atoms with Crippen molar-refractivity contribution in [1.29, 1.82) is 0 Å². The van der Waals surface area contributed by atoms with Crippen LogP contribution in [0, 0.1) is 10.8 Å². The van der Waals surface area contributed by atoms with E-state index in [4.69, 9.17) is 0 Å². The fraction of sp³-hybridized carbons (Fsp3) is 0.321. The molecular formula is C28H28NO+. The summed E-state index contributed by atoms with van der Waals surface area (Å²) in [5.41, 5.74) is 3.75. The Bertz CT molecular complexity index is 998. The monoisotopic (exact) mass is 394 g/mol. The predicted molar refractivity (Wildman–Crippen MR) is 118 cm³/mol. The molecule has 30 heavy (non-hydrogen) atoms. The summed E-state index contributed by atoms with van der Waals surface area (Å²) in [5.74, 6) is 1.35. The van der Waals surface area contributed by atoms with Gasteiger partial charge in [-0.15, -0.1) is 0 Å². The molecule has 2 aliphatic carbocycles. The van der Waals surface area contributed by atoms with Crippen LogP contribution in [-0.2, 0) is 11.3 Å². The van der Waals surface area contributed by atoms with Gasteiger partial charge in [-0.3, -0.25) is 4.79 Å². The molecule has 3 fully saturated rings. The number of hydrogen-bond acceptors (Lipinski definition) is 1. The molecule has 3 aromatic carbocycles. The van der Waals surface area contributed by atoms with Crippen molar-refractivity contribution in [3.05, 3.63) is 108 Å². The summed E-state index contributed by atoms with van der Waals surface area (Å²) in [6.07, 6.45) is 2.05. The molecule has 0 amide bonds. The number of quaternary nitrogens is 1. The molecule has 0 radical (unpaired) electrons. The van der Waals surface area contributed by atoms with Gasteiger partial charge in [0.25, 0.3) is 0 Å². The number of rotatable bonds is 4. The number of piperidine rings is 1. The first kappa shape index (κ1) is 18.1. The molecule has 4 atom stereocenters. The average molecular weight is 395 g/mol. The summed E-state index contributed by atoms with van der Waals surface area (Å²) < 4.78 is 0. The van der Waals surface area contributed by atoms with Crippen LogP contribution < -0.4 is 4.90 Å². The third-order valence-corrected chi connectivity index (χ3v) is 7.89. The lowest BCUT2D eigenvalue weighted by molar-refractivity contribution is -0.924. The Morgan fingerprint density at radius 3 is 1.57 bits per heavy atom. The first-order chi connectivity index (χ1) is 14.7. The Morgan fingerprint density at radius 2 is 1.10 bits per heavy atom. The maximum Gasteiger partial charge on any atom is 0.157 e. The molecular weight excluding hydrogens is 366 g/mol. The van der Waals surface area contributed by atoms with Gasteiger partial charge < -0.3 is 4.90 Å². The number of benzene rings is 3. The maximum atomic E-state index is 14.0. The fourth-order valence-electron chi connectivity index (χ4n) is 6.37. The van der Waals surface area contributed by atoms with Gasteiger partial charge in [0.1, 0.15) is 6.54 Å². The minimum Gasteiger partial charge on any atom is -0.329 e. The van der Waals surface area contributed by atoms with Crippen LogP contribution in [0.25, 0.3) is 0 Å². The van der Waals surface area contributed by atoms with Gasteiger partial charge in [-0.1, -0.05) is 91.0 Å². The van der Waals surface area contributed by atoms with E-state index in [0.29, 0.717) is 17.6 Å². The quantitative estimate of drug-likeness (QED) is 0.710. The standard InChI is InChI=1S/C28H27NO/c30-26-27(16-24(27)22-12-6-2-7-13-22)19-29(18-21-10-4-1-5-11-21)20-28(26)17-25(28)23-14-8-3-9-15-23/h1-15,24-25H,16-20H2/p+1/t24-,25-,27-,28-/m1/s1. The van der Waals surface area contributed by atoms with Gasteiger partial charge in [0, 0.05) is 17.4 Å². The Labute approximate surface area is 178 Å². The lowest BCUT2D eigenvalue weighted by Crippen LogP contribution is -3.14. The molecule has 2 saturated carbocycles. The molecule has 6 rings (SSSR count). The summed E-state index contributed by atoms with van der Waals surface area (Å²) >= 11 is 0. The van der Waals surface area contributed by atoms with Crippen LogP contribution >= 0.6 is 0 Å². The van der Waals surface area contributed by atoms with Gasteiger partial charge >= 0.3 is 0 Å². The number of ketones is 1. The third kappa shape index (κ3) is 2.78. The highest BCUT2D eigenvalue weighted by Crippen LogP contribution is 2.70. The zero-order valence-corrected chi connectivity index (χ0v) is 17.3. The van der Waals surface area contributed by atoms with E-state index in [9.17, 15) is 4.79 Å². The molecule has 0 unspecified atom stereocenters. The fourth-order valence-corrected chi connectivity index (χ4v) is 6.37. The van der Waals surface area contributed by atoms with Crippen molar-refractivity contribution in [3.8, 4) is 0 Å². The molecule has 0 bridgehead atoms. The molecule has 2 nitrogen and oxygen atoms in total.